The van der Waals surface area contributed by atoms with Crippen molar-refractivity contribution in [3.05, 3.63) is 107 Å². The van der Waals surface area contributed by atoms with Gasteiger partial charge in [-0.2, -0.15) is 0 Å². The molecule has 0 heterocycles. The molecule has 13 rings (SSSR count). The monoisotopic (exact) mass is 859 g/mol. The van der Waals surface area contributed by atoms with Crippen molar-refractivity contribution < 1.29 is 0 Å². The molecule has 0 atom stereocenters. The predicted octanol–water partition coefficient (Wildman–Crippen LogP) is 20.6. The van der Waals surface area contributed by atoms with E-state index in [1.165, 1.54) is 254 Å². The highest BCUT2D eigenvalue weighted by atomic mass is 14.3. The van der Waals surface area contributed by atoms with Gasteiger partial charge in [-0.3, -0.25) is 0 Å². The topological polar surface area (TPSA) is 0 Å². The highest BCUT2D eigenvalue weighted by Gasteiger charge is 2.32. The Morgan fingerprint density at radius 1 is 0.212 bits per heavy atom. The molecule has 0 spiro atoms. The summed E-state index contributed by atoms with van der Waals surface area (Å²) in [5.41, 5.74) is 6.06. The fourth-order valence-corrected chi connectivity index (χ4v) is 14.0. The number of benzene rings is 13. The number of unbranched alkanes of at least 4 members (excludes halogenated alkanes) is 12. The maximum atomic E-state index is 2.67. The summed E-state index contributed by atoms with van der Waals surface area (Å²) < 4.78 is 0. The molecular formula is C66H66. The van der Waals surface area contributed by atoms with E-state index in [-0.39, 0.29) is 0 Å². The highest BCUT2D eigenvalue weighted by Crippen LogP contribution is 2.60. The SMILES string of the molecule is CCCCCCc1cc2c3cccc4c5cc(CCCCCC)cc6c7cc(CCCCCC)cc8c9cccc%10c%11cc(CCCCCC)cc%12c(c1)c2c1c(c34)c(c56)c(c87)c(c%109)c1c%11%12. The Morgan fingerprint density at radius 3 is 0.621 bits per heavy atom. The molecule has 0 aliphatic heterocycles. The smallest absolute Gasteiger partial charge is 0.0000473 e. The number of hydrogen-bond acceptors (Lipinski definition) is 0. The van der Waals surface area contributed by atoms with Gasteiger partial charge in [0.15, 0.2) is 0 Å². The van der Waals surface area contributed by atoms with Crippen molar-refractivity contribution in [2.45, 2.75) is 156 Å². The van der Waals surface area contributed by atoms with Crippen molar-refractivity contribution >= 4 is 129 Å². The summed E-state index contributed by atoms with van der Waals surface area (Å²) in [5.74, 6) is 0. The summed E-state index contributed by atoms with van der Waals surface area (Å²) in [6.07, 6.45) is 25.1. The molecule has 66 heavy (non-hydrogen) atoms. The van der Waals surface area contributed by atoms with Crippen molar-refractivity contribution in [3.8, 4) is 0 Å². The summed E-state index contributed by atoms with van der Waals surface area (Å²) in [5, 5.41) is 36.0. The Balaban J connectivity index is 1.26. The van der Waals surface area contributed by atoms with Crippen molar-refractivity contribution in [3.63, 3.8) is 0 Å². The minimum Gasteiger partial charge on any atom is -0.0654 e. The van der Waals surface area contributed by atoms with Gasteiger partial charge in [-0.25, -0.2) is 0 Å². The van der Waals surface area contributed by atoms with E-state index >= 15 is 0 Å². The van der Waals surface area contributed by atoms with E-state index < -0.39 is 0 Å². The minimum atomic E-state index is 1.14. The second-order valence-corrected chi connectivity index (χ2v) is 21.2. The van der Waals surface area contributed by atoms with Crippen LogP contribution in [0.3, 0.4) is 0 Å². The molecular weight excluding hydrogens is 793 g/mol. The third-order valence-corrected chi connectivity index (χ3v) is 16.9. The zero-order valence-corrected chi connectivity index (χ0v) is 40.2. The summed E-state index contributed by atoms with van der Waals surface area (Å²) in [6, 6.07) is 36.1. The minimum absolute atomic E-state index is 1.14. The molecule has 13 aromatic carbocycles. The summed E-state index contributed by atoms with van der Waals surface area (Å²) in [4.78, 5) is 0. The van der Waals surface area contributed by atoms with Crippen LogP contribution in [-0.2, 0) is 25.7 Å². The van der Waals surface area contributed by atoms with E-state index in [0.717, 1.165) is 25.7 Å². The molecule has 0 fully saturated rings. The van der Waals surface area contributed by atoms with Crippen LogP contribution in [0.25, 0.3) is 129 Å². The van der Waals surface area contributed by atoms with Crippen LogP contribution in [0.2, 0.25) is 0 Å². The van der Waals surface area contributed by atoms with Gasteiger partial charge in [-0.05, 0) is 203 Å². The molecule has 13 aromatic rings. The van der Waals surface area contributed by atoms with E-state index in [4.69, 9.17) is 0 Å². The largest absolute Gasteiger partial charge is 0.0654 e. The van der Waals surface area contributed by atoms with Gasteiger partial charge in [0, 0.05) is 0 Å². The van der Waals surface area contributed by atoms with E-state index in [1.54, 1.807) is 0 Å². The summed E-state index contributed by atoms with van der Waals surface area (Å²) >= 11 is 0. The Hall–Kier alpha value is -5.46. The molecule has 0 heteroatoms. The zero-order chi connectivity index (χ0) is 44.2. The molecule has 0 unspecified atom stereocenters. The van der Waals surface area contributed by atoms with Crippen LogP contribution in [0.1, 0.15) is 153 Å². The maximum absolute atomic E-state index is 2.67. The Bertz CT molecular complexity index is 3360. The van der Waals surface area contributed by atoms with Gasteiger partial charge in [0.1, 0.15) is 0 Å². The molecule has 0 saturated carbocycles. The molecule has 0 bridgehead atoms. The lowest BCUT2D eigenvalue weighted by molar-refractivity contribution is 0.667. The lowest BCUT2D eigenvalue weighted by Gasteiger charge is -2.30. The van der Waals surface area contributed by atoms with Crippen molar-refractivity contribution in [2.24, 2.45) is 0 Å². The number of fused-ring (bicyclic) bond motifs is 6. The lowest BCUT2D eigenvalue weighted by Crippen LogP contribution is -2.02. The third kappa shape index (κ3) is 5.82. The summed E-state index contributed by atoms with van der Waals surface area (Å²) in [7, 11) is 0. The van der Waals surface area contributed by atoms with Gasteiger partial charge in [0.2, 0.25) is 0 Å². The molecule has 0 N–H and O–H groups in total. The standard InChI is InChI=1S/C66H66/c1-5-9-13-17-23-39-31-47-43-27-21-28-44-49-33-41(25-19-15-11-7-3)37-53-54-38-42(26-20-16-12-8-4)34-50-46-30-22-29-45-48-32-40(24-18-14-10-6-2)36-52-51(35-39)57(47)63-61(55(43)44)65(59(49)53)66(60(50)54)62(56(45)46)64(63)58(48)52/h21-22,27-38H,5-20,23-26H2,1-4H3. The molecule has 0 aromatic heterocycles. The average Bonchev–Trinajstić information content (AvgIpc) is 3.35. The normalized spacial score (nSPS) is 13.2. The molecule has 0 nitrogen and oxygen atoms in total. The first kappa shape index (κ1) is 40.8. The third-order valence-electron chi connectivity index (χ3n) is 16.9. The van der Waals surface area contributed by atoms with E-state index in [2.05, 4.69) is 113 Å². The van der Waals surface area contributed by atoms with Gasteiger partial charge >= 0.3 is 0 Å². The van der Waals surface area contributed by atoms with Gasteiger partial charge in [-0.1, -0.05) is 190 Å². The first-order valence-electron chi connectivity index (χ1n) is 26.8. The molecule has 0 saturated heterocycles. The Kier molecular flexibility index (Phi) is 9.96. The number of aryl methyl sites for hydroxylation is 4. The van der Waals surface area contributed by atoms with Crippen LogP contribution in [0, 0.1) is 0 Å². The molecule has 0 aliphatic carbocycles. The van der Waals surface area contributed by atoms with Crippen LogP contribution in [0.5, 0.6) is 0 Å². The van der Waals surface area contributed by atoms with Crippen LogP contribution < -0.4 is 0 Å². The van der Waals surface area contributed by atoms with Crippen LogP contribution in [0.4, 0.5) is 0 Å². The van der Waals surface area contributed by atoms with Crippen molar-refractivity contribution in [1.29, 1.82) is 0 Å². The first-order valence-corrected chi connectivity index (χ1v) is 26.8. The quantitative estimate of drug-likeness (QED) is 0.0407. The molecule has 0 amide bonds. The van der Waals surface area contributed by atoms with Gasteiger partial charge in [-0.15, -0.1) is 0 Å². The zero-order valence-electron chi connectivity index (χ0n) is 40.2. The van der Waals surface area contributed by atoms with Crippen molar-refractivity contribution in [2.75, 3.05) is 0 Å². The van der Waals surface area contributed by atoms with E-state index in [0.29, 0.717) is 0 Å². The number of hydrogen-bond donors (Lipinski definition) is 0. The Labute approximate surface area is 390 Å². The van der Waals surface area contributed by atoms with Crippen LogP contribution in [0.15, 0.2) is 84.9 Å². The van der Waals surface area contributed by atoms with Gasteiger partial charge < -0.3 is 0 Å². The maximum Gasteiger partial charge on any atom is -0.0000473 e. The van der Waals surface area contributed by atoms with Crippen LogP contribution in [-0.4, -0.2) is 0 Å². The van der Waals surface area contributed by atoms with Gasteiger partial charge in [0.25, 0.3) is 0 Å². The fourth-order valence-electron chi connectivity index (χ4n) is 14.0. The van der Waals surface area contributed by atoms with Crippen molar-refractivity contribution in [1.82, 2.24) is 0 Å². The second kappa shape index (κ2) is 16.1. The number of rotatable bonds is 20. The van der Waals surface area contributed by atoms with Crippen LogP contribution >= 0.6 is 0 Å². The molecule has 0 radical (unpaired) electrons. The van der Waals surface area contributed by atoms with Gasteiger partial charge in [0.05, 0.1) is 0 Å². The molecule has 330 valence electrons. The predicted molar refractivity (Wildman–Crippen MR) is 295 cm³/mol. The summed E-state index contributed by atoms with van der Waals surface area (Å²) in [6.45, 7) is 9.35. The Morgan fingerprint density at radius 2 is 0.409 bits per heavy atom. The first-order chi connectivity index (χ1) is 32.6. The average molecular weight is 859 g/mol. The second-order valence-electron chi connectivity index (χ2n) is 21.2. The highest BCUT2D eigenvalue weighted by molar-refractivity contribution is 6.61. The molecule has 0 aliphatic rings. The van der Waals surface area contributed by atoms with E-state index in [9.17, 15) is 0 Å². The lowest BCUT2D eigenvalue weighted by atomic mass is 9.72. The fraction of sp³-hybridized carbons (Fsp3) is 0.364. The van der Waals surface area contributed by atoms with E-state index in [1.807, 2.05) is 0 Å².